The van der Waals surface area contributed by atoms with Gasteiger partial charge in [0.2, 0.25) is 5.54 Å². The van der Waals surface area contributed by atoms with Crippen molar-refractivity contribution in [3.63, 3.8) is 0 Å². The van der Waals surface area contributed by atoms with E-state index >= 15 is 0 Å². The van der Waals surface area contributed by atoms with Crippen LogP contribution in [0.4, 0.5) is 13.2 Å². The molecule has 1 heterocycles. The number of nitrogens with zero attached hydrogens (tertiary/aromatic N) is 1. The Morgan fingerprint density at radius 2 is 1.71 bits per heavy atom. The topological polar surface area (TPSA) is 40.5 Å². The predicted molar refractivity (Wildman–Crippen MR) is 42.9 cm³/mol. The van der Waals surface area contributed by atoms with Crippen molar-refractivity contribution in [2.45, 2.75) is 31.5 Å². The molecule has 1 saturated heterocycles. The number of likely N-dealkylation sites (tertiary alicyclic amines) is 1. The summed E-state index contributed by atoms with van der Waals surface area (Å²) in [6.45, 7) is 1.12. The monoisotopic (exact) mass is 211 g/mol. The van der Waals surface area contributed by atoms with Gasteiger partial charge in [-0.15, -0.1) is 0 Å². The summed E-state index contributed by atoms with van der Waals surface area (Å²) in [4.78, 5) is 11.7. The summed E-state index contributed by atoms with van der Waals surface area (Å²) in [5.74, 6) is -1.83. The summed E-state index contributed by atoms with van der Waals surface area (Å²) < 4.78 is 37.8. The van der Waals surface area contributed by atoms with Crippen molar-refractivity contribution in [1.29, 1.82) is 0 Å². The first-order chi connectivity index (χ1) is 6.30. The number of aliphatic carboxylic acids is 1. The van der Waals surface area contributed by atoms with Gasteiger partial charge >= 0.3 is 12.1 Å². The molecule has 1 N–H and O–H groups in total. The van der Waals surface area contributed by atoms with Crippen molar-refractivity contribution in [3.8, 4) is 0 Å². The lowest BCUT2D eigenvalue weighted by molar-refractivity contribution is -0.230. The average Bonchev–Trinajstić information content (AvgIpc) is 2.52. The highest BCUT2D eigenvalue weighted by Gasteiger charge is 2.61. The van der Waals surface area contributed by atoms with Crippen LogP contribution >= 0.6 is 0 Å². The maximum atomic E-state index is 12.6. The number of halogens is 3. The minimum absolute atomic E-state index is 0.197. The van der Waals surface area contributed by atoms with Gasteiger partial charge in [0.05, 0.1) is 0 Å². The highest BCUT2D eigenvalue weighted by Crippen LogP contribution is 2.37. The molecule has 6 heteroatoms. The largest absolute Gasteiger partial charge is 0.480 e. The molecule has 3 nitrogen and oxygen atoms in total. The smallest absolute Gasteiger partial charge is 0.417 e. The Balaban J connectivity index is 2.97. The molecule has 14 heavy (non-hydrogen) atoms. The standard InChI is InChI=1S/C8H12F3NO2/c1-7(6(13)14,8(9,10)11)12-4-2-3-5-12/h2-5H2,1H3,(H,13,14). The molecule has 0 aromatic carbocycles. The van der Waals surface area contributed by atoms with E-state index in [9.17, 15) is 18.0 Å². The highest BCUT2D eigenvalue weighted by atomic mass is 19.4. The summed E-state index contributed by atoms with van der Waals surface area (Å²) >= 11 is 0. The number of hydrogen-bond acceptors (Lipinski definition) is 2. The Hall–Kier alpha value is -0.780. The molecule has 1 atom stereocenters. The number of alkyl halides is 3. The number of rotatable bonds is 2. The second-order valence-electron chi connectivity index (χ2n) is 3.57. The van der Waals surface area contributed by atoms with Gasteiger partial charge in [-0.25, -0.2) is 4.79 Å². The SMILES string of the molecule is CC(C(=O)O)(N1CCCC1)C(F)(F)F. The molecule has 0 aromatic heterocycles. The van der Waals surface area contributed by atoms with Crippen LogP contribution in [0.3, 0.4) is 0 Å². The molecule has 1 aliphatic heterocycles. The molecule has 0 aliphatic carbocycles. The summed E-state index contributed by atoms with van der Waals surface area (Å²) in [7, 11) is 0. The van der Waals surface area contributed by atoms with Crippen LogP contribution in [0.2, 0.25) is 0 Å². The van der Waals surface area contributed by atoms with Crippen LogP contribution in [-0.4, -0.2) is 40.8 Å². The summed E-state index contributed by atoms with van der Waals surface area (Å²) in [6, 6.07) is 0. The average molecular weight is 211 g/mol. The Labute approximate surface area is 79.5 Å². The van der Waals surface area contributed by atoms with Gasteiger partial charge in [-0.1, -0.05) is 0 Å². The van der Waals surface area contributed by atoms with Crippen molar-refractivity contribution in [3.05, 3.63) is 0 Å². The fourth-order valence-electron chi connectivity index (χ4n) is 1.60. The minimum Gasteiger partial charge on any atom is -0.480 e. The van der Waals surface area contributed by atoms with E-state index in [1.165, 1.54) is 0 Å². The number of carboxylic acids is 1. The van der Waals surface area contributed by atoms with E-state index in [4.69, 9.17) is 5.11 Å². The third-order valence-corrected chi connectivity index (χ3v) is 2.71. The zero-order chi connectivity index (χ0) is 11.0. The fraction of sp³-hybridized carbons (Fsp3) is 0.875. The van der Waals surface area contributed by atoms with E-state index in [0.29, 0.717) is 12.8 Å². The Morgan fingerprint density at radius 3 is 2.00 bits per heavy atom. The van der Waals surface area contributed by atoms with Gasteiger partial charge in [-0.05, 0) is 32.9 Å². The van der Waals surface area contributed by atoms with Gasteiger partial charge in [0, 0.05) is 0 Å². The molecule has 0 saturated carbocycles. The van der Waals surface area contributed by atoms with Gasteiger partial charge in [-0.3, -0.25) is 4.90 Å². The third kappa shape index (κ3) is 1.58. The number of carboxylic acid groups (broad SMARTS) is 1. The number of hydrogen-bond donors (Lipinski definition) is 1. The van der Waals surface area contributed by atoms with Crippen LogP contribution in [0, 0.1) is 0 Å². The molecule has 0 bridgehead atoms. The number of carbonyl (C=O) groups is 1. The zero-order valence-corrected chi connectivity index (χ0v) is 7.76. The van der Waals surface area contributed by atoms with Gasteiger partial charge in [-0.2, -0.15) is 13.2 Å². The van der Waals surface area contributed by atoms with Crippen LogP contribution in [-0.2, 0) is 4.79 Å². The molecule has 1 unspecified atom stereocenters. The quantitative estimate of drug-likeness (QED) is 0.752. The van der Waals surface area contributed by atoms with Gasteiger partial charge in [0.15, 0.2) is 0 Å². The lowest BCUT2D eigenvalue weighted by Gasteiger charge is -2.36. The van der Waals surface area contributed by atoms with Crippen LogP contribution in [0.1, 0.15) is 19.8 Å². The van der Waals surface area contributed by atoms with Crippen LogP contribution in [0.25, 0.3) is 0 Å². The van der Waals surface area contributed by atoms with Crippen molar-refractivity contribution in [2.75, 3.05) is 13.1 Å². The first kappa shape index (κ1) is 11.3. The molecule has 82 valence electrons. The molecule has 1 fully saturated rings. The normalized spacial score (nSPS) is 23.4. The predicted octanol–water partition coefficient (Wildman–Crippen LogP) is 1.49. The van der Waals surface area contributed by atoms with Gasteiger partial charge < -0.3 is 5.11 Å². The maximum Gasteiger partial charge on any atom is 0.417 e. The molecule has 1 aliphatic rings. The Bertz CT molecular complexity index is 235. The van der Waals surface area contributed by atoms with Crippen LogP contribution in [0.5, 0.6) is 0 Å². The van der Waals surface area contributed by atoms with Gasteiger partial charge in [0.1, 0.15) is 0 Å². The lowest BCUT2D eigenvalue weighted by atomic mass is 10.00. The molecular formula is C8H12F3NO2. The second kappa shape index (κ2) is 3.42. The van der Waals surface area contributed by atoms with E-state index in [2.05, 4.69) is 0 Å². The van der Waals surface area contributed by atoms with E-state index in [0.717, 1.165) is 11.8 Å². The zero-order valence-electron chi connectivity index (χ0n) is 7.76. The van der Waals surface area contributed by atoms with E-state index in [1.807, 2.05) is 0 Å². The Kier molecular flexibility index (Phi) is 2.76. The van der Waals surface area contributed by atoms with Crippen LogP contribution in [0.15, 0.2) is 0 Å². The van der Waals surface area contributed by atoms with E-state index in [1.54, 1.807) is 0 Å². The highest BCUT2D eigenvalue weighted by molar-refractivity contribution is 5.79. The molecule has 0 aromatic rings. The van der Waals surface area contributed by atoms with Crippen molar-refractivity contribution in [2.24, 2.45) is 0 Å². The lowest BCUT2D eigenvalue weighted by Crippen LogP contribution is -2.61. The minimum atomic E-state index is -4.73. The van der Waals surface area contributed by atoms with Gasteiger partial charge in [0.25, 0.3) is 0 Å². The first-order valence-corrected chi connectivity index (χ1v) is 4.35. The molecule has 1 rings (SSSR count). The maximum absolute atomic E-state index is 12.6. The fourth-order valence-corrected chi connectivity index (χ4v) is 1.60. The van der Waals surface area contributed by atoms with E-state index < -0.39 is 17.7 Å². The molecular weight excluding hydrogens is 199 g/mol. The first-order valence-electron chi connectivity index (χ1n) is 4.35. The Morgan fingerprint density at radius 1 is 1.29 bits per heavy atom. The summed E-state index contributed by atoms with van der Waals surface area (Å²) in [6.07, 6.45) is -3.49. The second-order valence-corrected chi connectivity index (χ2v) is 3.57. The molecule has 0 radical (unpaired) electrons. The van der Waals surface area contributed by atoms with Crippen molar-refractivity contribution >= 4 is 5.97 Å². The third-order valence-electron chi connectivity index (χ3n) is 2.71. The molecule has 0 amide bonds. The van der Waals surface area contributed by atoms with E-state index in [-0.39, 0.29) is 13.1 Å². The summed E-state index contributed by atoms with van der Waals surface area (Å²) in [5.41, 5.74) is -2.73. The van der Waals surface area contributed by atoms with Crippen LogP contribution < -0.4 is 0 Å². The summed E-state index contributed by atoms with van der Waals surface area (Å²) in [5, 5.41) is 8.67. The van der Waals surface area contributed by atoms with Crippen molar-refractivity contribution in [1.82, 2.24) is 4.90 Å². The van der Waals surface area contributed by atoms with Crippen molar-refractivity contribution < 1.29 is 23.1 Å². The molecule has 0 spiro atoms.